The van der Waals surface area contributed by atoms with Crippen LogP contribution in [-0.2, 0) is 3.07 Å². The van der Waals surface area contributed by atoms with Crippen LogP contribution in [-0.4, -0.2) is 5.11 Å². The molecule has 9 heavy (non-hydrogen) atoms. The minimum absolute atomic E-state index is 0.260. The molecule has 0 saturated carbocycles. The number of aliphatic hydroxyl groups excluding tert-OH is 1. The van der Waals surface area contributed by atoms with Gasteiger partial charge in [0.15, 0.2) is 34.5 Å². The highest BCUT2D eigenvalue weighted by atomic mass is 127. The smallest absolute Gasteiger partial charge is 0.192 e. The molecule has 0 radical (unpaired) electrons. The van der Waals surface area contributed by atoms with Gasteiger partial charge in [-0.25, -0.2) is 0 Å². The molecule has 1 rings (SSSR count). The lowest BCUT2D eigenvalue weighted by atomic mass is 10.1. The Kier molecular flexibility index (Phi) is 2.38. The molecule has 1 aliphatic rings. The first-order valence-corrected chi connectivity index (χ1v) is 3.60. The number of aliphatic hydroxyl groups is 1. The molecule has 0 atom stereocenters. The summed E-state index contributed by atoms with van der Waals surface area (Å²) in [5.74, 6) is 0.939. The van der Waals surface area contributed by atoms with E-state index in [-0.39, 0.29) is 5.76 Å². The molecule has 1 N–H and O–H groups in total. The van der Waals surface area contributed by atoms with Crippen molar-refractivity contribution in [1.29, 1.82) is 0 Å². The third-order valence-corrected chi connectivity index (χ3v) is 1.72. The van der Waals surface area contributed by atoms with Crippen molar-refractivity contribution in [3.63, 3.8) is 0 Å². The maximum absolute atomic E-state index is 9.03. The van der Waals surface area contributed by atoms with Gasteiger partial charge in [0.1, 0.15) is 0 Å². The molecule has 1 aliphatic carbocycles. The maximum Gasteiger partial charge on any atom is 0.192 e. The predicted octanol–water partition coefficient (Wildman–Crippen LogP) is 2.47. The van der Waals surface area contributed by atoms with Crippen molar-refractivity contribution in [1.82, 2.24) is 0 Å². The highest BCUT2D eigenvalue weighted by molar-refractivity contribution is 14.1. The molecule has 0 fully saturated rings. The average Bonchev–Trinajstić information content (AvgIpc) is 1.89. The van der Waals surface area contributed by atoms with Gasteiger partial charge in [-0.1, -0.05) is 6.08 Å². The summed E-state index contributed by atoms with van der Waals surface area (Å²) in [6.45, 7) is 0. The first-order chi connectivity index (χ1) is 4.34. The molecule has 0 aromatic heterocycles. The normalized spacial score (nSPS) is 18.3. The Morgan fingerprint density at radius 2 is 2.44 bits per heavy atom. The van der Waals surface area contributed by atoms with Crippen molar-refractivity contribution in [2.75, 3.05) is 0 Å². The molecule has 2 nitrogen and oxygen atoms in total. The van der Waals surface area contributed by atoms with Gasteiger partial charge < -0.3 is 8.17 Å². The first-order valence-electron chi connectivity index (χ1n) is 2.72. The number of hydrogen-bond acceptors (Lipinski definition) is 2. The Balaban J connectivity index is 2.72. The van der Waals surface area contributed by atoms with E-state index >= 15 is 0 Å². The van der Waals surface area contributed by atoms with Crippen molar-refractivity contribution in [2.24, 2.45) is 0 Å². The molecular weight excluding hydrogens is 231 g/mol. The molecule has 0 amide bonds. The van der Waals surface area contributed by atoms with Crippen LogP contribution in [0.1, 0.15) is 12.8 Å². The SMILES string of the molecule is OC1=C(OI)CCC=C1. The van der Waals surface area contributed by atoms with E-state index in [0.29, 0.717) is 5.76 Å². The van der Waals surface area contributed by atoms with Crippen molar-refractivity contribution in [2.45, 2.75) is 12.8 Å². The first kappa shape index (κ1) is 6.92. The summed E-state index contributed by atoms with van der Waals surface area (Å²) >= 11 is 1.77. The zero-order valence-corrected chi connectivity index (χ0v) is 6.96. The molecule has 0 aromatic rings. The molecule has 3 heteroatoms. The van der Waals surface area contributed by atoms with Crippen LogP contribution >= 0.6 is 23.0 Å². The van der Waals surface area contributed by atoms with Gasteiger partial charge in [0.2, 0.25) is 0 Å². The Bertz CT molecular complexity index is 160. The van der Waals surface area contributed by atoms with Crippen LogP contribution in [0.3, 0.4) is 0 Å². The number of halogens is 1. The number of allylic oxidation sites excluding steroid dienone is 3. The molecule has 0 spiro atoms. The van der Waals surface area contributed by atoms with Gasteiger partial charge in [-0.2, -0.15) is 0 Å². The molecule has 0 aromatic carbocycles. The second kappa shape index (κ2) is 3.10. The monoisotopic (exact) mass is 238 g/mol. The predicted molar refractivity (Wildman–Crippen MR) is 43.1 cm³/mol. The fraction of sp³-hybridized carbons (Fsp3) is 0.333. The maximum atomic E-state index is 9.03. The zero-order chi connectivity index (χ0) is 6.69. The summed E-state index contributed by atoms with van der Waals surface area (Å²) in [7, 11) is 0. The van der Waals surface area contributed by atoms with Crippen molar-refractivity contribution >= 4 is 23.0 Å². The van der Waals surface area contributed by atoms with Crippen molar-refractivity contribution < 1.29 is 8.17 Å². The summed E-state index contributed by atoms with van der Waals surface area (Å²) in [5.41, 5.74) is 0. The minimum atomic E-state index is 0.260. The zero-order valence-electron chi connectivity index (χ0n) is 4.80. The van der Waals surface area contributed by atoms with Gasteiger partial charge in [-0.3, -0.25) is 0 Å². The third-order valence-electron chi connectivity index (χ3n) is 1.19. The van der Waals surface area contributed by atoms with E-state index in [1.807, 2.05) is 6.08 Å². The average molecular weight is 238 g/mol. The second-order valence-electron chi connectivity index (χ2n) is 1.83. The van der Waals surface area contributed by atoms with E-state index in [0.717, 1.165) is 12.8 Å². The van der Waals surface area contributed by atoms with Gasteiger partial charge in [0, 0.05) is 6.42 Å². The van der Waals surface area contributed by atoms with Crippen LogP contribution in [0.5, 0.6) is 0 Å². The number of rotatable bonds is 1. The Morgan fingerprint density at radius 1 is 1.67 bits per heavy atom. The van der Waals surface area contributed by atoms with Gasteiger partial charge >= 0.3 is 0 Å². The van der Waals surface area contributed by atoms with Crippen molar-refractivity contribution in [3.05, 3.63) is 23.7 Å². The summed E-state index contributed by atoms with van der Waals surface area (Å²) in [4.78, 5) is 0. The largest absolute Gasteiger partial charge is 0.504 e. The quantitative estimate of drug-likeness (QED) is 0.711. The molecule has 0 heterocycles. The minimum Gasteiger partial charge on any atom is -0.504 e. The van der Waals surface area contributed by atoms with Crippen LogP contribution < -0.4 is 0 Å². The van der Waals surface area contributed by atoms with E-state index < -0.39 is 0 Å². The Labute approximate surface area is 67.9 Å². The molecule has 0 saturated heterocycles. The lowest BCUT2D eigenvalue weighted by molar-refractivity contribution is 0.374. The lowest BCUT2D eigenvalue weighted by Crippen LogP contribution is -1.92. The Morgan fingerprint density at radius 3 is 2.89 bits per heavy atom. The number of hydrogen-bond donors (Lipinski definition) is 1. The van der Waals surface area contributed by atoms with Crippen molar-refractivity contribution in [3.8, 4) is 0 Å². The van der Waals surface area contributed by atoms with Crippen LogP contribution in [0.2, 0.25) is 0 Å². The van der Waals surface area contributed by atoms with Crippen LogP contribution in [0.25, 0.3) is 0 Å². The van der Waals surface area contributed by atoms with E-state index in [2.05, 4.69) is 0 Å². The summed E-state index contributed by atoms with van der Waals surface area (Å²) in [5, 5.41) is 9.03. The van der Waals surface area contributed by atoms with Crippen LogP contribution in [0.4, 0.5) is 0 Å². The summed E-state index contributed by atoms with van der Waals surface area (Å²) in [6, 6.07) is 0. The highest BCUT2D eigenvalue weighted by Gasteiger charge is 2.06. The Hall–Kier alpha value is -0.190. The van der Waals surface area contributed by atoms with E-state index in [9.17, 15) is 0 Å². The van der Waals surface area contributed by atoms with Gasteiger partial charge in [0.25, 0.3) is 0 Å². The second-order valence-corrected chi connectivity index (χ2v) is 2.27. The molecule has 50 valence electrons. The van der Waals surface area contributed by atoms with Gasteiger partial charge in [-0.15, -0.1) is 0 Å². The summed E-state index contributed by atoms with van der Waals surface area (Å²) in [6.07, 6.45) is 5.36. The topological polar surface area (TPSA) is 29.5 Å². The van der Waals surface area contributed by atoms with Gasteiger partial charge in [-0.05, 0) is 12.5 Å². The van der Waals surface area contributed by atoms with Gasteiger partial charge in [0.05, 0.1) is 0 Å². The third kappa shape index (κ3) is 1.61. The fourth-order valence-electron chi connectivity index (χ4n) is 0.709. The van der Waals surface area contributed by atoms with Crippen LogP contribution in [0, 0.1) is 0 Å². The van der Waals surface area contributed by atoms with E-state index in [1.165, 1.54) is 0 Å². The molecule has 0 aliphatic heterocycles. The summed E-state index contributed by atoms with van der Waals surface area (Å²) < 4.78 is 4.85. The van der Waals surface area contributed by atoms with Crippen LogP contribution in [0.15, 0.2) is 23.7 Å². The lowest BCUT2D eigenvalue weighted by Gasteiger charge is -2.06. The molecule has 0 unspecified atom stereocenters. The molecular formula is C6H7IO2. The molecule has 0 bridgehead atoms. The highest BCUT2D eigenvalue weighted by Crippen LogP contribution is 2.19. The standard InChI is InChI=1S/C6H7IO2/c7-9-6-4-2-1-3-5(6)8/h1,3,8H,2,4H2. The van der Waals surface area contributed by atoms with E-state index in [4.69, 9.17) is 8.17 Å². The fourth-order valence-corrected chi connectivity index (χ4v) is 1.15. The van der Waals surface area contributed by atoms with E-state index in [1.54, 1.807) is 29.1 Å².